The number of halogens is 1. The lowest BCUT2D eigenvalue weighted by Gasteiger charge is -2.17. The summed E-state index contributed by atoms with van der Waals surface area (Å²) in [7, 11) is 0. The van der Waals surface area contributed by atoms with E-state index in [9.17, 15) is 18.8 Å². The van der Waals surface area contributed by atoms with E-state index in [0.717, 1.165) is 11.1 Å². The van der Waals surface area contributed by atoms with Crippen LogP contribution in [0.5, 0.6) is 0 Å². The number of benzene rings is 2. The number of fused-ring (bicyclic) bond motifs is 1. The van der Waals surface area contributed by atoms with E-state index >= 15 is 0 Å². The van der Waals surface area contributed by atoms with Crippen LogP contribution in [-0.4, -0.2) is 57.4 Å². The van der Waals surface area contributed by atoms with Crippen molar-refractivity contribution in [3.8, 4) is 11.1 Å². The number of aromatic amines is 1. The normalized spacial score (nSPS) is 11.7. The molecule has 32 heavy (non-hydrogen) atoms. The van der Waals surface area contributed by atoms with Crippen LogP contribution in [0.15, 0.2) is 42.5 Å². The van der Waals surface area contributed by atoms with Crippen LogP contribution in [0.25, 0.3) is 22.2 Å². The maximum Gasteiger partial charge on any atom is 0.404 e. The van der Waals surface area contributed by atoms with Gasteiger partial charge < -0.3 is 31.1 Å². The molecule has 3 aromatic rings. The van der Waals surface area contributed by atoms with Crippen molar-refractivity contribution in [3.63, 3.8) is 0 Å². The molecule has 0 aliphatic carbocycles. The van der Waals surface area contributed by atoms with Gasteiger partial charge in [0.05, 0.1) is 11.0 Å². The summed E-state index contributed by atoms with van der Waals surface area (Å²) in [6, 6.07) is 10.8. The van der Waals surface area contributed by atoms with Crippen molar-refractivity contribution in [3.05, 3.63) is 54.1 Å². The first-order chi connectivity index (χ1) is 15.3. The summed E-state index contributed by atoms with van der Waals surface area (Å²) >= 11 is 0. The number of carbonyl (C=O) groups is 3. The Morgan fingerprint density at radius 2 is 1.72 bits per heavy atom. The van der Waals surface area contributed by atoms with Crippen molar-refractivity contribution < 1.29 is 29.0 Å². The molecule has 168 valence electrons. The second-order valence-electron chi connectivity index (χ2n) is 7.05. The minimum atomic E-state index is -1.24. The van der Waals surface area contributed by atoms with E-state index in [1.807, 2.05) is 6.07 Å². The highest BCUT2D eigenvalue weighted by molar-refractivity contribution is 5.95. The number of aromatic nitrogens is 2. The summed E-state index contributed by atoms with van der Waals surface area (Å²) < 4.78 is 13.1. The van der Waals surface area contributed by atoms with Gasteiger partial charge in [0.15, 0.2) is 5.82 Å². The van der Waals surface area contributed by atoms with E-state index in [0.29, 0.717) is 23.9 Å². The Morgan fingerprint density at radius 3 is 2.41 bits per heavy atom. The average molecular weight is 443 g/mol. The second-order valence-corrected chi connectivity index (χ2v) is 7.05. The highest BCUT2D eigenvalue weighted by Gasteiger charge is 2.16. The first-order valence-corrected chi connectivity index (χ1v) is 9.82. The summed E-state index contributed by atoms with van der Waals surface area (Å²) in [5, 5.41) is 24.7. The minimum Gasteiger partial charge on any atom is -0.465 e. The Bertz CT molecular complexity index is 1120. The van der Waals surface area contributed by atoms with Gasteiger partial charge in [0, 0.05) is 19.1 Å². The van der Waals surface area contributed by atoms with Crippen molar-refractivity contribution in [1.29, 1.82) is 0 Å². The van der Waals surface area contributed by atoms with Gasteiger partial charge in [0.1, 0.15) is 5.82 Å². The standard InChI is InChI=1S/C21H22FN5O5/c22-14-6-3-12(4-7-14)13-5-8-16-17(10-13)27-18(26-16)19(28)24-11-15(25-21(31)32)2-1-9-23-20(29)30/h3-8,10,15,23,25H,1-2,9,11H2,(H,24,28)(H,26,27)(H,29,30)(H,31,32). The van der Waals surface area contributed by atoms with Crippen molar-refractivity contribution in [2.24, 2.45) is 0 Å². The summed E-state index contributed by atoms with van der Waals surface area (Å²) in [6.07, 6.45) is -1.68. The third-order valence-electron chi connectivity index (χ3n) is 4.72. The lowest BCUT2D eigenvalue weighted by Crippen LogP contribution is -2.43. The monoisotopic (exact) mass is 443 g/mol. The van der Waals surface area contributed by atoms with Crippen LogP contribution >= 0.6 is 0 Å². The van der Waals surface area contributed by atoms with E-state index in [4.69, 9.17) is 10.2 Å². The SMILES string of the molecule is O=C(O)NCCCC(CNC(=O)c1nc2ccc(-c3ccc(F)cc3)cc2[nH]1)NC(=O)O. The minimum absolute atomic E-state index is 0.01000. The Hall–Kier alpha value is -4.15. The molecule has 2 aromatic carbocycles. The molecule has 0 saturated carbocycles. The summed E-state index contributed by atoms with van der Waals surface area (Å²) in [4.78, 5) is 41.2. The zero-order chi connectivity index (χ0) is 23.1. The van der Waals surface area contributed by atoms with Gasteiger partial charge in [0.25, 0.3) is 5.91 Å². The zero-order valence-electron chi connectivity index (χ0n) is 16.9. The predicted octanol–water partition coefficient (Wildman–Crippen LogP) is 2.78. The van der Waals surface area contributed by atoms with E-state index < -0.39 is 24.1 Å². The van der Waals surface area contributed by atoms with Crippen molar-refractivity contribution in [1.82, 2.24) is 25.9 Å². The highest BCUT2D eigenvalue weighted by Crippen LogP contribution is 2.23. The first-order valence-electron chi connectivity index (χ1n) is 9.82. The van der Waals surface area contributed by atoms with E-state index in [2.05, 4.69) is 25.9 Å². The average Bonchev–Trinajstić information content (AvgIpc) is 3.18. The number of hydrogen-bond donors (Lipinski definition) is 6. The molecule has 6 N–H and O–H groups in total. The Kier molecular flexibility index (Phi) is 7.21. The number of carboxylic acid groups (broad SMARTS) is 2. The number of hydrogen-bond acceptors (Lipinski definition) is 4. The lowest BCUT2D eigenvalue weighted by molar-refractivity contribution is 0.0938. The third kappa shape index (κ3) is 6.17. The van der Waals surface area contributed by atoms with Crippen molar-refractivity contribution >= 4 is 29.1 Å². The van der Waals surface area contributed by atoms with Gasteiger partial charge >= 0.3 is 12.2 Å². The van der Waals surface area contributed by atoms with Crippen LogP contribution in [0.2, 0.25) is 0 Å². The maximum absolute atomic E-state index is 13.1. The molecule has 0 saturated heterocycles. The molecule has 0 radical (unpaired) electrons. The number of amides is 3. The molecule has 1 atom stereocenters. The molecule has 0 fully saturated rings. The molecule has 0 aliphatic rings. The van der Waals surface area contributed by atoms with Gasteiger partial charge in [-0.05, 0) is 48.2 Å². The Labute approximate surface area is 181 Å². The fraction of sp³-hybridized carbons (Fsp3) is 0.238. The zero-order valence-corrected chi connectivity index (χ0v) is 16.9. The molecule has 11 heteroatoms. The Morgan fingerprint density at radius 1 is 1.00 bits per heavy atom. The molecular weight excluding hydrogens is 421 g/mol. The maximum atomic E-state index is 13.1. The molecule has 1 heterocycles. The van der Waals surface area contributed by atoms with Crippen LogP contribution in [-0.2, 0) is 0 Å². The molecule has 3 rings (SSSR count). The quantitative estimate of drug-likeness (QED) is 0.279. The third-order valence-corrected chi connectivity index (χ3v) is 4.72. The molecule has 1 aromatic heterocycles. The molecule has 0 bridgehead atoms. The number of nitrogens with one attached hydrogen (secondary N) is 4. The molecular formula is C21H22FN5O5. The van der Waals surface area contributed by atoms with Gasteiger partial charge in [0.2, 0.25) is 0 Å². The topological polar surface area (TPSA) is 156 Å². The van der Waals surface area contributed by atoms with Gasteiger partial charge in [-0.2, -0.15) is 0 Å². The molecule has 0 spiro atoms. The van der Waals surface area contributed by atoms with Crippen LogP contribution < -0.4 is 16.0 Å². The van der Waals surface area contributed by atoms with E-state index in [1.165, 1.54) is 12.1 Å². The number of imidazole rings is 1. The van der Waals surface area contributed by atoms with Crippen molar-refractivity contribution in [2.45, 2.75) is 18.9 Å². The summed E-state index contributed by atoms with van der Waals surface area (Å²) in [5.74, 6) is -0.771. The van der Waals surface area contributed by atoms with Crippen molar-refractivity contribution in [2.75, 3.05) is 13.1 Å². The largest absolute Gasteiger partial charge is 0.465 e. The van der Waals surface area contributed by atoms with Gasteiger partial charge in [-0.3, -0.25) is 4.79 Å². The molecule has 0 aliphatic heterocycles. The fourth-order valence-electron chi connectivity index (χ4n) is 3.18. The number of nitrogens with zero attached hydrogens (tertiary/aromatic N) is 1. The van der Waals surface area contributed by atoms with Crippen LogP contribution in [0.3, 0.4) is 0 Å². The first kappa shape index (κ1) is 22.5. The lowest BCUT2D eigenvalue weighted by atomic mass is 10.1. The van der Waals surface area contributed by atoms with Crippen LogP contribution in [0.4, 0.5) is 14.0 Å². The highest BCUT2D eigenvalue weighted by atomic mass is 19.1. The fourth-order valence-corrected chi connectivity index (χ4v) is 3.18. The van der Waals surface area contributed by atoms with E-state index in [1.54, 1.807) is 24.3 Å². The number of carbonyl (C=O) groups excluding carboxylic acids is 1. The smallest absolute Gasteiger partial charge is 0.404 e. The van der Waals surface area contributed by atoms with Crippen LogP contribution in [0.1, 0.15) is 23.5 Å². The number of rotatable bonds is 9. The van der Waals surface area contributed by atoms with Gasteiger partial charge in [-0.1, -0.05) is 18.2 Å². The molecule has 1 unspecified atom stereocenters. The second kappa shape index (κ2) is 10.2. The van der Waals surface area contributed by atoms with E-state index in [-0.39, 0.29) is 24.7 Å². The summed E-state index contributed by atoms with van der Waals surface area (Å²) in [5.41, 5.74) is 2.83. The molecule has 3 amide bonds. The molecule has 10 nitrogen and oxygen atoms in total. The predicted molar refractivity (Wildman–Crippen MR) is 114 cm³/mol. The van der Waals surface area contributed by atoms with Gasteiger partial charge in [-0.15, -0.1) is 0 Å². The Balaban J connectivity index is 1.63. The number of H-pyrrole nitrogens is 1. The van der Waals surface area contributed by atoms with Crippen LogP contribution in [0, 0.1) is 5.82 Å². The summed E-state index contributed by atoms with van der Waals surface area (Å²) in [6.45, 7) is 0.178. The van der Waals surface area contributed by atoms with Gasteiger partial charge in [-0.25, -0.2) is 19.0 Å².